The zero-order valence-corrected chi connectivity index (χ0v) is 15.7. The molecule has 0 aliphatic rings. The summed E-state index contributed by atoms with van der Waals surface area (Å²) >= 11 is 19.2. The Bertz CT molecular complexity index is 975. The first-order valence-corrected chi connectivity index (χ1v) is 9.22. The molecule has 0 amide bonds. The summed E-state index contributed by atoms with van der Waals surface area (Å²) in [7, 11) is 0. The molecule has 8 heteroatoms. The summed E-state index contributed by atoms with van der Waals surface area (Å²) in [4.78, 5) is 16.4. The van der Waals surface area contributed by atoms with E-state index in [1.54, 1.807) is 30.3 Å². The van der Waals surface area contributed by atoms with Crippen LogP contribution < -0.4 is 5.56 Å². The molecule has 0 atom stereocenters. The molecule has 1 heterocycles. The van der Waals surface area contributed by atoms with Crippen molar-refractivity contribution in [3.05, 3.63) is 79.5 Å². The number of benzene rings is 2. The summed E-state index contributed by atoms with van der Waals surface area (Å²) in [6, 6.07) is 13.3. The van der Waals surface area contributed by atoms with Crippen molar-refractivity contribution in [2.75, 3.05) is 0 Å². The third-order valence-corrected chi connectivity index (χ3v) is 5.32. The molecule has 0 aliphatic carbocycles. The highest BCUT2D eigenvalue weighted by atomic mass is 35.5. The van der Waals surface area contributed by atoms with E-state index in [1.165, 1.54) is 16.3 Å². The van der Waals surface area contributed by atoms with Gasteiger partial charge in [0.1, 0.15) is 0 Å². The van der Waals surface area contributed by atoms with Crippen molar-refractivity contribution >= 4 is 46.6 Å². The molecule has 0 fully saturated rings. The third kappa shape index (κ3) is 4.30. The molecule has 1 N–H and O–H groups in total. The Kier molecular flexibility index (Phi) is 5.59. The van der Waals surface area contributed by atoms with Crippen molar-refractivity contribution < 1.29 is 5.11 Å². The minimum atomic E-state index is -0.413. The van der Waals surface area contributed by atoms with Gasteiger partial charge in [-0.3, -0.25) is 9.36 Å². The largest absolute Gasteiger partial charge is 0.493 e. The number of hydrogen-bond donors (Lipinski definition) is 1. The molecular weight excluding hydrogens is 403 g/mol. The molecule has 0 aliphatic heterocycles. The third-order valence-electron chi connectivity index (χ3n) is 3.32. The lowest BCUT2D eigenvalue weighted by molar-refractivity contribution is 0.441. The van der Waals surface area contributed by atoms with Gasteiger partial charge in [-0.15, -0.1) is 0 Å². The maximum absolute atomic E-state index is 12.4. The first kappa shape index (κ1) is 18.1. The molecule has 0 spiro atoms. The van der Waals surface area contributed by atoms with E-state index in [1.807, 2.05) is 12.1 Å². The van der Waals surface area contributed by atoms with Crippen LogP contribution in [0, 0.1) is 0 Å². The molecule has 0 bridgehead atoms. The lowest BCUT2D eigenvalue weighted by atomic mass is 10.2. The van der Waals surface area contributed by atoms with Gasteiger partial charge in [0.05, 0.1) is 21.8 Å². The monoisotopic (exact) mass is 412 g/mol. The minimum absolute atomic E-state index is 0.327. The number of aromatic hydroxyl groups is 1. The van der Waals surface area contributed by atoms with Gasteiger partial charge in [-0.25, -0.2) is 0 Å². The van der Waals surface area contributed by atoms with Gasteiger partial charge in [0, 0.05) is 10.8 Å². The molecule has 2 aromatic carbocycles. The van der Waals surface area contributed by atoms with Crippen molar-refractivity contribution in [3.8, 4) is 11.6 Å². The molecule has 0 unspecified atom stereocenters. The number of thioether (sulfide) groups is 1. The highest BCUT2D eigenvalue weighted by molar-refractivity contribution is 7.98. The van der Waals surface area contributed by atoms with Crippen molar-refractivity contribution in [1.29, 1.82) is 0 Å². The van der Waals surface area contributed by atoms with Gasteiger partial charge in [-0.05, 0) is 35.9 Å². The van der Waals surface area contributed by atoms with Crippen molar-refractivity contribution in [3.63, 3.8) is 0 Å². The van der Waals surface area contributed by atoms with E-state index in [9.17, 15) is 9.90 Å². The lowest BCUT2D eigenvalue weighted by Crippen LogP contribution is -2.20. The zero-order valence-electron chi connectivity index (χ0n) is 12.6. The number of halogens is 3. The second kappa shape index (κ2) is 7.70. The van der Waals surface area contributed by atoms with Gasteiger partial charge in [0.25, 0.3) is 5.56 Å². The standard InChI is InChI=1S/C17H11Cl3N2O2S/c18-11-3-1-10(2-4-11)9-25-17-21-15(23)8-16(24)22(17)12-5-6-13(19)14(20)7-12/h1-8,23H,9H2. The second-order valence-corrected chi connectivity index (χ2v) is 7.28. The predicted octanol–water partition coefficient (Wildman–Crippen LogP) is 5.19. The first-order chi connectivity index (χ1) is 11.9. The van der Waals surface area contributed by atoms with E-state index < -0.39 is 5.56 Å². The van der Waals surface area contributed by atoms with Gasteiger partial charge in [0.2, 0.25) is 5.88 Å². The van der Waals surface area contributed by atoms with Crippen molar-refractivity contribution in [2.45, 2.75) is 10.9 Å². The Morgan fingerprint density at radius 1 is 1.00 bits per heavy atom. The fraction of sp³-hybridized carbons (Fsp3) is 0.0588. The molecule has 0 saturated carbocycles. The Balaban J connectivity index is 1.99. The van der Waals surface area contributed by atoms with Gasteiger partial charge in [-0.2, -0.15) is 4.98 Å². The van der Waals surface area contributed by atoms with E-state index in [0.717, 1.165) is 11.6 Å². The summed E-state index contributed by atoms with van der Waals surface area (Å²) in [5, 5.41) is 11.4. The van der Waals surface area contributed by atoms with Crippen LogP contribution in [0.3, 0.4) is 0 Å². The van der Waals surface area contributed by atoms with Gasteiger partial charge in [-0.1, -0.05) is 58.7 Å². The average molecular weight is 414 g/mol. The van der Waals surface area contributed by atoms with Crippen LogP contribution in [-0.4, -0.2) is 14.7 Å². The van der Waals surface area contributed by atoms with Gasteiger partial charge in [0.15, 0.2) is 5.16 Å². The molecule has 128 valence electrons. The average Bonchev–Trinajstić information content (AvgIpc) is 2.57. The van der Waals surface area contributed by atoms with E-state index in [-0.39, 0.29) is 5.88 Å². The fourth-order valence-electron chi connectivity index (χ4n) is 2.14. The van der Waals surface area contributed by atoms with Gasteiger partial charge < -0.3 is 5.11 Å². The first-order valence-electron chi connectivity index (χ1n) is 7.10. The van der Waals surface area contributed by atoms with Crippen LogP contribution in [0.1, 0.15) is 5.56 Å². The quantitative estimate of drug-likeness (QED) is 0.472. The fourth-order valence-corrected chi connectivity index (χ4v) is 3.53. The Labute approximate surface area is 163 Å². The minimum Gasteiger partial charge on any atom is -0.493 e. The van der Waals surface area contributed by atoms with Crippen LogP contribution in [0.5, 0.6) is 5.88 Å². The van der Waals surface area contributed by atoms with Crippen molar-refractivity contribution in [1.82, 2.24) is 9.55 Å². The summed E-state index contributed by atoms with van der Waals surface area (Å²) < 4.78 is 1.38. The zero-order chi connectivity index (χ0) is 18.0. The van der Waals surface area contributed by atoms with E-state index in [2.05, 4.69) is 4.98 Å². The predicted molar refractivity (Wildman–Crippen MR) is 103 cm³/mol. The van der Waals surface area contributed by atoms with Crippen LogP contribution in [0.4, 0.5) is 0 Å². The van der Waals surface area contributed by atoms with E-state index >= 15 is 0 Å². The van der Waals surface area contributed by atoms with Crippen molar-refractivity contribution in [2.24, 2.45) is 0 Å². The highest BCUT2D eigenvalue weighted by Gasteiger charge is 2.13. The normalized spacial score (nSPS) is 10.8. The smallest absolute Gasteiger partial charge is 0.262 e. The molecule has 0 saturated heterocycles. The SMILES string of the molecule is O=c1cc(O)nc(SCc2ccc(Cl)cc2)n1-c1ccc(Cl)c(Cl)c1. The highest BCUT2D eigenvalue weighted by Crippen LogP contribution is 2.28. The van der Waals surface area contributed by atoms with Crippen LogP contribution in [0.25, 0.3) is 5.69 Å². The lowest BCUT2D eigenvalue weighted by Gasteiger charge is -2.12. The van der Waals surface area contributed by atoms with Crippen LogP contribution in [0.2, 0.25) is 15.1 Å². The number of aromatic nitrogens is 2. The van der Waals surface area contributed by atoms with Crippen LogP contribution in [-0.2, 0) is 5.75 Å². The summed E-state index contributed by atoms with van der Waals surface area (Å²) in [5.41, 5.74) is 1.11. The maximum Gasteiger partial charge on any atom is 0.262 e. The van der Waals surface area contributed by atoms with Crippen LogP contribution in [0.15, 0.2) is 58.5 Å². The van der Waals surface area contributed by atoms with E-state index in [0.29, 0.717) is 31.7 Å². The van der Waals surface area contributed by atoms with Gasteiger partial charge >= 0.3 is 0 Å². The molecule has 3 rings (SSSR count). The number of rotatable bonds is 4. The molecule has 1 aromatic heterocycles. The number of nitrogens with zero attached hydrogens (tertiary/aromatic N) is 2. The second-order valence-electron chi connectivity index (χ2n) is 5.08. The van der Waals surface area contributed by atoms with Crippen LogP contribution >= 0.6 is 46.6 Å². The maximum atomic E-state index is 12.4. The molecule has 3 aromatic rings. The molecule has 25 heavy (non-hydrogen) atoms. The molecule has 4 nitrogen and oxygen atoms in total. The van der Waals surface area contributed by atoms with E-state index in [4.69, 9.17) is 34.8 Å². The Hall–Kier alpha value is -1.66. The molecular formula is C17H11Cl3N2O2S. The number of hydrogen-bond acceptors (Lipinski definition) is 4. The Morgan fingerprint density at radius 3 is 2.40 bits per heavy atom. The Morgan fingerprint density at radius 2 is 1.72 bits per heavy atom. The topological polar surface area (TPSA) is 55.1 Å². The summed E-state index contributed by atoms with van der Waals surface area (Å²) in [6.07, 6.45) is 0. The molecule has 0 radical (unpaired) electrons. The summed E-state index contributed by atoms with van der Waals surface area (Å²) in [5.74, 6) is 0.217. The summed E-state index contributed by atoms with van der Waals surface area (Å²) in [6.45, 7) is 0.